The molecule has 0 amide bonds. The molecule has 4 atom stereocenters. The van der Waals surface area contributed by atoms with Crippen molar-refractivity contribution in [2.24, 2.45) is 0 Å². The number of nitrogens with one attached hydrogen (secondary N) is 1. The van der Waals surface area contributed by atoms with Crippen LogP contribution in [-0.4, -0.2) is 59.7 Å². The first-order valence-electron chi connectivity index (χ1n) is 6.60. The summed E-state index contributed by atoms with van der Waals surface area (Å²) < 4.78 is 18.3. The van der Waals surface area contributed by atoms with Crippen molar-refractivity contribution in [3.8, 4) is 11.8 Å². The van der Waals surface area contributed by atoms with Gasteiger partial charge in [0.2, 0.25) is 0 Å². The third-order valence-electron chi connectivity index (χ3n) is 3.48. The van der Waals surface area contributed by atoms with Gasteiger partial charge in [-0.2, -0.15) is 0 Å². The molecule has 0 saturated carbocycles. The van der Waals surface area contributed by atoms with Gasteiger partial charge in [0.25, 0.3) is 5.56 Å². The van der Waals surface area contributed by atoms with Crippen molar-refractivity contribution in [2.75, 3.05) is 6.67 Å². The predicted octanol–water partition coefficient (Wildman–Crippen LogP) is -2.32. The molecule has 1 aromatic heterocycles. The van der Waals surface area contributed by atoms with E-state index in [4.69, 9.17) is 16.3 Å². The molecule has 11 heteroatoms. The van der Waals surface area contributed by atoms with Crippen molar-refractivity contribution in [3.63, 3.8) is 0 Å². The summed E-state index contributed by atoms with van der Waals surface area (Å²) in [5, 5.41) is 38.1. The molecule has 1 fully saturated rings. The average Bonchev–Trinajstić information content (AvgIpc) is 2.69. The van der Waals surface area contributed by atoms with E-state index in [1.165, 1.54) is 6.92 Å². The largest absolute Gasteiger partial charge is 0.387 e. The van der Waals surface area contributed by atoms with Crippen LogP contribution >= 0.6 is 11.6 Å². The molecule has 132 valence electrons. The standard InChI is InChI=1S/C13H14ClFN2O7/c1-6-5-7(18)16-11(20)17(6)10-12(14,3-2-4-15)8(19)9(24-10)13(21,22)23/h5,8-10,19,21-23H,4H2,1H3,(H,16,18,20)/t8?,9?,10?,12-/m1/s1. The van der Waals surface area contributed by atoms with Gasteiger partial charge in [0.1, 0.15) is 12.8 Å². The molecule has 0 radical (unpaired) electrons. The van der Waals surface area contributed by atoms with E-state index in [2.05, 4.69) is 5.92 Å². The normalized spacial score (nSPS) is 30.0. The number of aliphatic hydroxyl groups excluding tert-OH is 1. The lowest BCUT2D eigenvalue weighted by molar-refractivity contribution is -0.368. The molecule has 3 unspecified atom stereocenters. The Kier molecular flexibility index (Phi) is 4.87. The molecule has 2 heterocycles. The number of halogens is 2. The molecule has 1 aliphatic heterocycles. The molecule has 2 rings (SSSR count). The van der Waals surface area contributed by atoms with E-state index in [1.807, 2.05) is 10.9 Å². The summed E-state index contributed by atoms with van der Waals surface area (Å²) >= 11 is 6.18. The summed E-state index contributed by atoms with van der Waals surface area (Å²) in [4.78, 5) is 23.1. The van der Waals surface area contributed by atoms with E-state index in [1.54, 1.807) is 0 Å². The third kappa shape index (κ3) is 3.10. The van der Waals surface area contributed by atoms with Gasteiger partial charge in [-0.1, -0.05) is 23.4 Å². The Bertz CT molecular complexity index is 805. The Morgan fingerprint density at radius 1 is 1.50 bits per heavy atom. The number of rotatable bonds is 2. The number of nitrogens with zero attached hydrogens (tertiary/aromatic N) is 1. The van der Waals surface area contributed by atoms with Gasteiger partial charge in [0, 0.05) is 11.8 Å². The summed E-state index contributed by atoms with van der Waals surface area (Å²) in [6, 6.07) is 1.02. The molecular formula is C13H14ClFN2O7. The number of aliphatic hydroxyl groups is 4. The van der Waals surface area contributed by atoms with E-state index in [-0.39, 0.29) is 5.69 Å². The van der Waals surface area contributed by atoms with Crippen LogP contribution in [0.5, 0.6) is 0 Å². The van der Waals surface area contributed by atoms with Gasteiger partial charge >= 0.3 is 11.7 Å². The van der Waals surface area contributed by atoms with Gasteiger partial charge in [-0.05, 0) is 6.92 Å². The molecule has 9 nitrogen and oxygen atoms in total. The molecule has 0 aromatic carbocycles. The minimum absolute atomic E-state index is 0.0492. The highest BCUT2D eigenvalue weighted by atomic mass is 35.5. The van der Waals surface area contributed by atoms with Gasteiger partial charge in [0.15, 0.2) is 17.2 Å². The fourth-order valence-electron chi connectivity index (χ4n) is 2.45. The number of H-pyrrole nitrogens is 1. The van der Waals surface area contributed by atoms with Crippen LogP contribution in [0.2, 0.25) is 0 Å². The van der Waals surface area contributed by atoms with Gasteiger partial charge in [-0.25, -0.2) is 9.18 Å². The number of hydrogen-bond donors (Lipinski definition) is 5. The quantitative estimate of drug-likeness (QED) is 0.225. The van der Waals surface area contributed by atoms with Gasteiger partial charge < -0.3 is 25.2 Å². The molecule has 0 bridgehead atoms. The van der Waals surface area contributed by atoms with Crippen molar-refractivity contribution in [1.29, 1.82) is 0 Å². The summed E-state index contributed by atoms with van der Waals surface area (Å²) in [5.41, 5.74) is -1.64. The lowest BCUT2D eigenvalue weighted by Gasteiger charge is -2.27. The Balaban J connectivity index is 2.66. The molecule has 0 aliphatic carbocycles. The number of hydrogen-bond acceptors (Lipinski definition) is 7. The highest BCUT2D eigenvalue weighted by Gasteiger charge is 2.61. The Labute approximate surface area is 138 Å². The monoisotopic (exact) mass is 364 g/mol. The van der Waals surface area contributed by atoms with E-state index in [0.717, 1.165) is 10.6 Å². The van der Waals surface area contributed by atoms with Crippen molar-refractivity contribution in [1.82, 2.24) is 9.55 Å². The zero-order valence-electron chi connectivity index (χ0n) is 12.2. The van der Waals surface area contributed by atoms with Crippen LogP contribution in [0.3, 0.4) is 0 Å². The summed E-state index contributed by atoms with van der Waals surface area (Å²) in [6.45, 7) is 0.213. The van der Waals surface area contributed by atoms with Gasteiger partial charge in [-0.15, -0.1) is 0 Å². The first-order chi connectivity index (χ1) is 11.0. The lowest BCUT2D eigenvalue weighted by Crippen LogP contribution is -2.51. The zero-order valence-corrected chi connectivity index (χ0v) is 13.0. The van der Waals surface area contributed by atoms with Crippen molar-refractivity contribution in [2.45, 2.75) is 36.2 Å². The van der Waals surface area contributed by atoms with Crippen LogP contribution in [-0.2, 0) is 4.74 Å². The maximum absolute atomic E-state index is 12.4. The maximum atomic E-state index is 12.4. The van der Waals surface area contributed by atoms with Crippen molar-refractivity contribution in [3.05, 3.63) is 32.6 Å². The van der Waals surface area contributed by atoms with Crippen molar-refractivity contribution >= 4 is 11.6 Å². The summed E-state index contributed by atoms with van der Waals surface area (Å²) in [7, 11) is 0. The lowest BCUT2D eigenvalue weighted by atomic mass is 9.97. The topological polar surface area (TPSA) is 145 Å². The van der Waals surface area contributed by atoms with Gasteiger partial charge in [0.05, 0.1) is 0 Å². The fourth-order valence-corrected chi connectivity index (χ4v) is 2.78. The van der Waals surface area contributed by atoms with E-state index in [9.17, 15) is 34.4 Å². The first-order valence-corrected chi connectivity index (χ1v) is 6.98. The smallest absolute Gasteiger partial charge is 0.330 e. The Hall–Kier alpha value is -1.74. The SMILES string of the molecule is Cc1cc(=O)[nH]c(=O)n1C1OC(C(O)(O)O)C(O)[C@]1(Cl)C#CCF. The highest BCUT2D eigenvalue weighted by molar-refractivity contribution is 6.27. The molecule has 1 saturated heterocycles. The number of aromatic amines is 1. The van der Waals surface area contributed by atoms with Gasteiger partial charge in [-0.3, -0.25) is 14.3 Å². The predicted molar refractivity (Wildman–Crippen MR) is 77.7 cm³/mol. The van der Waals surface area contributed by atoms with E-state index < -0.39 is 47.2 Å². The molecule has 24 heavy (non-hydrogen) atoms. The summed E-state index contributed by atoms with van der Waals surface area (Å²) in [5.74, 6) is 0.611. The molecule has 0 spiro atoms. The highest BCUT2D eigenvalue weighted by Crippen LogP contribution is 2.45. The molecule has 1 aromatic rings. The second-order valence-corrected chi connectivity index (χ2v) is 5.82. The fraction of sp³-hybridized carbons (Fsp3) is 0.538. The molecular weight excluding hydrogens is 351 g/mol. The van der Waals surface area contributed by atoms with Crippen LogP contribution in [0.1, 0.15) is 11.9 Å². The number of aromatic nitrogens is 2. The third-order valence-corrected chi connectivity index (χ3v) is 3.99. The van der Waals surface area contributed by atoms with Crippen LogP contribution in [0, 0.1) is 18.8 Å². The zero-order chi connectivity index (χ0) is 18.3. The minimum atomic E-state index is -3.51. The van der Waals surface area contributed by atoms with E-state index in [0.29, 0.717) is 0 Å². The van der Waals surface area contributed by atoms with Crippen LogP contribution in [0.15, 0.2) is 15.7 Å². The van der Waals surface area contributed by atoms with E-state index >= 15 is 0 Å². The van der Waals surface area contributed by atoms with Crippen molar-refractivity contribution < 1.29 is 29.6 Å². The Morgan fingerprint density at radius 3 is 2.62 bits per heavy atom. The summed E-state index contributed by atoms with van der Waals surface area (Å²) in [6.07, 6.45) is -5.75. The number of aryl methyl sites for hydroxylation is 1. The maximum Gasteiger partial charge on any atom is 0.330 e. The molecule has 5 N–H and O–H groups in total. The first kappa shape index (κ1) is 18.6. The molecule has 1 aliphatic rings. The minimum Gasteiger partial charge on any atom is -0.387 e. The van der Waals surface area contributed by atoms with Crippen LogP contribution < -0.4 is 11.2 Å². The number of ether oxygens (including phenoxy) is 1. The van der Waals surface area contributed by atoms with Crippen LogP contribution in [0.4, 0.5) is 4.39 Å². The second kappa shape index (κ2) is 6.29. The Morgan fingerprint density at radius 2 is 2.12 bits per heavy atom. The van der Waals surface area contributed by atoms with Crippen LogP contribution in [0.25, 0.3) is 0 Å². The average molecular weight is 365 g/mol. The second-order valence-electron chi connectivity index (χ2n) is 5.19. The number of alkyl halides is 2.